The monoisotopic (exact) mass is 258 g/mol. The van der Waals surface area contributed by atoms with E-state index in [9.17, 15) is 13.2 Å². The molecule has 0 aliphatic heterocycles. The van der Waals surface area contributed by atoms with Crippen molar-refractivity contribution in [3.8, 4) is 0 Å². The Labute approximate surface area is 101 Å². The van der Waals surface area contributed by atoms with E-state index in [1.165, 1.54) is 12.3 Å². The molecule has 0 bridgehead atoms. The van der Waals surface area contributed by atoms with Gasteiger partial charge < -0.3 is 9.88 Å². The molecule has 0 aromatic carbocycles. The second-order valence-corrected chi connectivity index (χ2v) is 6.30. The van der Waals surface area contributed by atoms with E-state index >= 15 is 0 Å². The molecule has 1 aromatic rings. The first-order chi connectivity index (χ1) is 7.90. The average molecular weight is 258 g/mol. The molecule has 0 fully saturated rings. The predicted octanol–water partition coefficient (Wildman–Crippen LogP) is -0.209. The number of sulfone groups is 1. The summed E-state index contributed by atoms with van der Waals surface area (Å²) in [7, 11) is -2.92. The second-order valence-electron chi connectivity index (χ2n) is 4.04. The SMILES string of the molecule is Cc1cccc(=O)n1CCNCCS(C)(=O)=O. The summed E-state index contributed by atoms with van der Waals surface area (Å²) in [5, 5.41) is 3.01. The van der Waals surface area contributed by atoms with Crippen molar-refractivity contribution in [1.29, 1.82) is 0 Å². The van der Waals surface area contributed by atoms with Gasteiger partial charge in [0.15, 0.2) is 0 Å². The second kappa shape index (κ2) is 5.97. The maximum absolute atomic E-state index is 11.5. The van der Waals surface area contributed by atoms with E-state index in [1.807, 2.05) is 13.0 Å². The van der Waals surface area contributed by atoms with Crippen molar-refractivity contribution in [2.24, 2.45) is 0 Å². The molecule has 0 amide bonds. The lowest BCUT2D eigenvalue weighted by Crippen LogP contribution is -2.30. The fraction of sp³-hybridized carbons (Fsp3) is 0.545. The zero-order valence-electron chi connectivity index (χ0n) is 10.1. The number of pyridine rings is 1. The first-order valence-electron chi connectivity index (χ1n) is 5.45. The molecule has 1 heterocycles. The van der Waals surface area contributed by atoms with Crippen LogP contribution in [0.25, 0.3) is 0 Å². The highest BCUT2D eigenvalue weighted by Gasteiger charge is 2.01. The van der Waals surface area contributed by atoms with Crippen molar-refractivity contribution in [3.63, 3.8) is 0 Å². The summed E-state index contributed by atoms with van der Waals surface area (Å²) in [6, 6.07) is 5.12. The lowest BCUT2D eigenvalue weighted by atomic mass is 10.3. The van der Waals surface area contributed by atoms with Crippen LogP contribution in [0, 0.1) is 6.92 Å². The summed E-state index contributed by atoms with van der Waals surface area (Å²) in [6.45, 7) is 3.42. The third kappa shape index (κ3) is 5.14. The van der Waals surface area contributed by atoms with Crippen molar-refractivity contribution in [3.05, 3.63) is 34.2 Å². The molecule has 0 saturated carbocycles. The van der Waals surface area contributed by atoms with Crippen molar-refractivity contribution < 1.29 is 8.42 Å². The zero-order chi connectivity index (χ0) is 12.9. The zero-order valence-corrected chi connectivity index (χ0v) is 11.0. The smallest absolute Gasteiger partial charge is 0.250 e. The van der Waals surface area contributed by atoms with Gasteiger partial charge in [-0.1, -0.05) is 6.07 Å². The summed E-state index contributed by atoms with van der Waals surface area (Å²) < 4.78 is 23.4. The summed E-state index contributed by atoms with van der Waals surface area (Å²) in [5.41, 5.74) is 0.873. The molecule has 0 radical (unpaired) electrons. The molecule has 1 aromatic heterocycles. The fourth-order valence-corrected chi connectivity index (χ4v) is 2.00. The lowest BCUT2D eigenvalue weighted by Gasteiger charge is -2.09. The summed E-state index contributed by atoms with van der Waals surface area (Å²) in [6.07, 6.45) is 1.21. The Morgan fingerprint density at radius 3 is 2.59 bits per heavy atom. The highest BCUT2D eigenvalue weighted by atomic mass is 32.2. The molecule has 6 heteroatoms. The fourth-order valence-electron chi connectivity index (χ4n) is 1.48. The van der Waals surface area contributed by atoms with Crippen LogP contribution >= 0.6 is 0 Å². The lowest BCUT2D eigenvalue weighted by molar-refractivity contribution is 0.575. The Hall–Kier alpha value is -1.14. The number of hydrogen-bond acceptors (Lipinski definition) is 4. The minimum atomic E-state index is -2.92. The molecule has 0 unspecified atom stereocenters. The largest absolute Gasteiger partial charge is 0.314 e. The van der Waals surface area contributed by atoms with Crippen LogP contribution in [0.3, 0.4) is 0 Å². The van der Waals surface area contributed by atoms with E-state index in [-0.39, 0.29) is 11.3 Å². The van der Waals surface area contributed by atoms with Gasteiger partial charge >= 0.3 is 0 Å². The predicted molar refractivity (Wildman–Crippen MR) is 68.0 cm³/mol. The maximum atomic E-state index is 11.5. The molecule has 5 nitrogen and oxygen atoms in total. The first kappa shape index (κ1) is 13.9. The van der Waals surface area contributed by atoms with Gasteiger partial charge in [0.2, 0.25) is 0 Å². The van der Waals surface area contributed by atoms with Gasteiger partial charge in [-0.15, -0.1) is 0 Å². The van der Waals surface area contributed by atoms with Crippen molar-refractivity contribution in [1.82, 2.24) is 9.88 Å². The maximum Gasteiger partial charge on any atom is 0.250 e. The van der Waals surface area contributed by atoms with Gasteiger partial charge in [-0.2, -0.15) is 0 Å². The van der Waals surface area contributed by atoms with E-state index in [4.69, 9.17) is 0 Å². The molecule has 0 atom stereocenters. The molecule has 0 aliphatic carbocycles. The van der Waals surface area contributed by atoms with Crippen LogP contribution in [0.4, 0.5) is 0 Å². The highest BCUT2D eigenvalue weighted by molar-refractivity contribution is 7.90. The number of aryl methyl sites for hydroxylation is 1. The standard InChI is InChI=1S/C11H18N2O3S/c1-10-4-3-5-11(14)13(10)8-6-12-7-9-17(2,15)16/h3-5,12H,6-9H2,1-2H3. The number of aromatic nitrogens is 1. The van der Waals surface area contributed by atoms with Crippen LogP contribution < -0.4 is 10.9 Å². The molecule has 17 heavy (non-hydrogen) atoms. The molecule has 0 saturated heterocycles. The average Bonchev–Trinajstić information content (AvgIpc) is 2.20. The van der Waals surface area contributed by atoms with Crippen LogP contribution in [0.2, 0.25) is 0 Å². The number of hydrogen-bond donors (Lipinski definition) is 1. The van der Waals surface area contributed by atoms with Gasteiger partial charge in [0, 0.05) is 37.7 Å². The number of nitrogens with one attached hydrogen (secondary N) is 1. The van der Waals surface area contributed by atoms with Crippen molar-refractivity contribution in [2.75, 3.05) is 25.1 Å². The topological polar surface area (TPSA) is 68.2 Å². The van der Waals surface area contributed by atoms with Crippen molar-refractivity contribution in [2.45, 2.75) is 13.5 Å². The van der Waals surface area contributed by atoms with Gasteiger partial charge in [0.05, 0.1) is 5.75 Å². The molecular formula is C11H18N2O3S. The minimum absolute atomic E-state index is 0.0325. The van der Waals surface area contributed by atoms with E-state index in [2.05, 4.69) is 5.32 Å². The normalized spacial score (nSPS) is 11.6. The quantitative estimate of drug-likeness (QED) is 0.717. The van der Waals surface area contributed by atoms with Gasteiger partial charge in [0.1, 0.15) is 9.84 Å². The Kier molecular flexibility index (Phi) is 4.89. The third-order valence-corrected chi connectivity index (χ3v) is 3.38. The van der Waals surface area contributed by atoms with E-state index in [1.54, 1.807) is 10.6 Å². The highest BCUT2D eigenvalue weighted by Crippen LogP contribution is 1.92. The van der Waals surface area contributed by atoms with E-state index < -0.39 is 9.84 Å². The molecule has 0 spiro atoms. The minimum Gasteiger partial charge on any atom is -0.314 e. The Morgan fingerprint density at radius 1 is 1.29 bits per heavy atom. The summed E-state index contributed by atoms with van der Waals surface area (Å²) >= 11 is 0. The van der Waals surface area contributed by atoms with E-state index in [0.717, 1.165) is 5.69 Å². The Bertz CT molecular complexity index is 520. The van der Waals surface area contributed by atoms with Gasteiger partial charge in [-0.3, -0.25) is 4.79 Å². The Morgan fingerprint density at radius 2 is 2.00 bits per heavy atom. The van der Waals surface area contributed by atoms with Gasteiger partial charge in [-0.05, 0) is 13.0 Å². The van der Waals surface area contributed by atoms with Gasteiger partial charge in [-0.25, -0.2) is 8.42 Å². The van der Waals surface area contributed by atoms with Crippen LogP contribution in [-0.2, 0) is 16.4 Å². The molecule has 1 N–H and O–H groups in total. The van der Waals surface area contributed by atoms with Crippen LogP contribution in [0.5, 0.6) is 0 Å². The number of rotatable bonds is 6. The van der Waals surface area contributed by atoms with Crippen LogP contribution in [-0.4, -0.2) is 38.1 Å². The molecule has 0 aliphatic rings. The molecule has 96 valence electrons. The number of nitrogens with zero attached hydrogens (tertiary/aromatic N) is 1. The summed E-state index contributed by atoms with van der Waals surface area (Å²) in [4.78, 5) is 11.5. The molecular weight excluding hydrogens is 240 g/mol. The summed E-state index contributed by atoms with van der Waals surface area (Å²) in [5.74, 6) is 0.121. The first-order valence-corrected chi connectivity index (χ1v) is 7.51. The van der Waals surface area contributed by atoms with Gasteiger partial charge in [0.25, 0.3) is 5.56 Å². The molecule has 1 rings (SSSR count). The Balaban J connectivity index is 2.39. The van der Waals surface area contributed by atoms with Crippen LogP contribution in [0.1, 0.15) is 5.69 Å². The van der Waals surface area contributed by atoms with Crippen molar-refractivity contribution >= 4 is 9.84 Å². The van der Waals surface area contributed by atoms with Crippen LogP contribution in [0.15, 0.2) is 23.0 Å². The third-order valence-electron chi connectivity index (χ3n) is 2.43. The van der Waals surface area contributed by atoms with E-state index in [0.29, 0.717) is 19.6 Å².